The van der Waals surface area contributed by atoms with E-state index < -0.39 is 9.84 Å². The highest BCUT2D eigenvalue weighted by molar-refractivity contribution is 7.91. The van der Waals surface area contributed by atoms with Crippen molar-refractivity contribution in [1.82, 2.24) is 9.71 Å². The summed E-state index contributed by atoms with van der Waals surface area (Å²) in [5.74, 6) is 1.69. The Morgan fingerprint density at radius 3 is 2.67 bits per heavy atom. The van der Waals surface area contributed by atoms with Gasteiger partial charge in [-0.05, 0) is 61.6 Å². The summed E-state index contributed by atoms with van der Waals surface area (Å²) in [5, 5.41) is 10.2. The molecule has 1 N–H and O–H groups in total. The summed E-state index contributed by atoms with van der Waals surface area (Å²) in [6.07, 6.45) is 3.96. The molecule has 2 heterocycles. The molecule has 27 heavy (non-hydrogen) atoms. The van der Waals surface area contributed by atoms with Gasteiger partial charge in [0.25, 0.3) is 0 Å². The fraction of sp³-hybridized carbons (Fsp3) is 0.350. The number of sulfone groups is 1. The van der Waals surface area contributed by atoms with Crippen molar-refractivity contribution in [3.8, 4) is 28.3 Å². The van der Waals surface area contributed by atoms with Gasteiger partial charge in [0.15, 0.2) is 15.7 Å². The number of hydrogen-bond donors (Lipinski definition) is 1. The van der Waals surface area contributed by atoms with Gasteiger partial charge in [-0.15, -0.1) is 0 Å². The lowest BCUT2D eigenvalue weighted by Gasteiger charge is -2.18. The van der Waals surface area contributed by atoms with Crippen LogP contribution in [0.2, 0.25) is 0 Å². The van der Waals surface area contributed by atoms with Gasteiger partial charge in [0.05, 0.1) is 22.9 Å². The minimum absolute atomic E-state index is 0.0342. The molecule has 0 spiro atoms. The maximum atomic E-state index is 12.4. The zero-order valence-electron chi connectivity index (χ0n) is 15.3. The van der Waals surface area contributed by atoms with Crippen LogP contribution >= 0.6 is 0 Å². The van der Waals surface area contributed by atoms with Gasteiger partial charge in [-0.1, -0.05) is 6.92 Å². The Balaban J connectivity index is 1.90. The van der Waals surface area contributed by atoms with Crippen LogP contribution < -0.4 is 4.74 Å². The molecular weight excluding hydrogens is 364 g/mol. The lowest BCUT2D eigenvalue weighted by Crippen LogP contribution is -2.08. The number of rotatable bonds is 6. The Morgan fingerprint density at radius 2 is 1.96 bits per heavy atom. The molecule has 0 unspecified atom stereocenters. The Labute approximate surface area is 158 Å². The van der Waals surface area contributed by atoms with E-state index in [0.29, 0.717) is 35.4 Å². The van der Waals surface area contributed by atoms with Crippen molar-refractivity contribution < 1.29 is 18.4 Å². The van der Waals surface area contributed by atoms with Crippen LogP contribution in [0.15, 0.2) is 41.4 Å². The number of aryl methyl sites for hydroxylation is 1. The van der Waals surface area contributed by atoms with Crippen LogP contribution in [0.25, 0.3) is 22.5 Å². The van der Waals surface area contributed by atoms with E-state index >= 15 is 0 Å². The van der Waals surface area contributed by atoms with Crippen molar-refractivity contribution in [1.29, 1.82) is 0 Å². The molecule has 0 bridgehead atoms. The molecule has 1 aliphatic carbocycles. The van der Waals surface area contributed by atoms with E-state index in [-0.39, 0.29) is 10.6 Å². The number of hydrogen-bond acceptors (Lipinski definition) is 5. The second kappa shape index (κ2) is 6.56. The fourth-order valence-corrected chi connectivity index (χ4v) is 4.05. The summed E-state index contributed by atoms with van der Waals surface area (Å²) in [6.45, 7) is 4.03. The predicted molar refractivity (Wildman–Crippen MR) is 102 cm³/mol. The van der Waals surface area contributed by atoms with Crippen LogP contribution in [0.4, 0.5) is 0 Å². The van der Waals surface area contributed by atoms with Crippen molar-refractivity contribution in [2.45, 2.75) is 31.6 Å². The zero-order chi connectivity index (χ0) is 19.2. The maximum Gasteiger partial charge on any atom is 0.178 e. The van der Waals surface area contributed by atoms with Crippen molar-refractivity contribution in [3.63, 3.8) is 0 Å². The molecular formula is C20H22N2O4S. The average molecular weight is 386 g/mol. The third-order valence-electron chi connectivity index (χ3n) is 5.01. The molecule has 0 aromatic heterocycles. The SMILES string of the molecule is CCS(=O)(=O)c1ccc(OCC2CC2)c(-c2cc(C)n(O)c3nccc2-3)c1. The van der Waals surface area contributed by atoms with Gasteiger partial charge in [0, 0.05) is 17.3 Å². The first kappa shape index (κ1) is 17.9. The number of nitrogens with zero attached hydrogens (tertiary/aromatic N) is 2. The van der Waals surface area contributed by atoms with Crippen LogP contribution in [-0.2, 0) is 9.84 Å². The van der Waals surface area contributed by atoms with Gasteiger partial charge in [-0.25, -0.2) is 13.4 Å². The van der Waals surface area contributed by atoms with Crippen LogP contribution in [-0.4, -0.2) is 35.7 Å². The van der Waals surface area contributed by atoms with E-state index in [1.807, 2.05) is 12.1 Å². The molecule has 142 valence electrons. The number of aromatic nitrogens is 2. The molecule has 2 aliphatic heterocycles. The molecule has 0 saturated heterocycles. The van der Waals surface area contributed by atoms with E-state index in [1.54, 1.807) is 38.2 Å². The van der Waals surface area contributed by atoms with Crippen LogP contribution in [0.3, 0.4) is 0 Å². The molecule has 0 atom stereocenters. The van der Waals surface area contributed by atoms with Crippen molar-refractivity contribution in [2.24, 2.45) is 5.92 Å². The molecule has 7 heteroatoms. The molecule has 4 rings (SSSR count). The summed E-state index contributed by atoms with van der Waals surface area (Å²) >= 11 is 0. The second-order valence-electron chi connectivity index (χ2n) is 7.01. The highest BCUT2D eigenvalue weighted by atomic mass is 32.2. The van der Waals surface area contributed by atoms with Gasteiger partial charge in [-0.3, -0.25) is 0 Å². The van der Waals surface area contributed by atoms with E-state index in [2.05, 4.69) is 4.98 Å². The van der Waals surface area contributed by atoms with Crippen molar-refractivity contribution in [3.05, 3.63) is 42.2 Å². The minimum Gasteiger partial charge on any atom is -0.493 e. The third-order valence-corrected chi connectivity index (χ3v) is 6.74. The summed E-state index contributed by atoms with van der Waals surface area (Å²) in [7, 11) is -3.35. The largest absolute Gasteiger partial charge is 0.493 e. The normalized spacial score (nSPS) is 14.6. The Hall–Kier alpha value is -2.54. The summed E-state index contributed by atoms with van der Waals surface area (Å²) in [4.78, 5) is 4.49. The molecule has 1 fully saturated rings. The first-order valence-corrected chi connectivity index (χ1v) is 10.7. The molecule has 1 saturated carbocycles. The number of ether oxygens (including phenoxy) is 1. The molecule has 6 nitrogen and oxygen atoms in total. The summed E-state index contributed by atoms with van der Waals surface area (Å²) in [6, 6.07) is 8.64. The molecule has 3 aliphatic rings. The zero-order valence-corrected chi connectivity index (χ0v) is 16.2. The van der Waals surface area contributed by atoms with Crippen molar-refractivity contribution >= 4 is 9.84 Å². The fourth-order valence-electron chi connectivity index (χ4n) is 3.14. The van der Waals surface area contributed by atoms with Gasteiger partial charge < -0.3 is 9.94 Å². The average Bonchev–Trinajstić information content (AvgIpc) is 3.36. The summed E-state index contributed by atoms with van der Waals surface area (Å²) in [5.41, 5.74) is 2.84. The standard InChI is InChI=1S/C20H22N2O4S/c1-3-27(24,25)15-6-7-19(26-12-14-4-5-14)18(11-15)17-10-13(2)22(23)20-16(17)8-9-21-20/h6-11,14,23H,3-5,12H2,1-2H3. The number of benzene rings is 1. The molecule has 0 radical (unpaired) electrons. The molecule has 1 aromatic rings. The van der Waals surface area contributed by atoms with E-state index in [4.69, 9.17) is 4.74 Å². The van der Waals surface area contributed by atoms with Crippen LogP contribution in [0, 0.1) is 12.8 Å². The van der Waals surface area contributed by atoms with Crippen LogP contribution in [0.1, 0.15) is 25.5 Å². The molecule has 0 amide bonds. The first-order valence-electron chi connectivity index (χ1n) is 9.07. The van der Waals surface area contributed by atoms with Gasteiger partial charge >= 0.3 is 0 Å². The predicted octanol–water partition coefficient (Wildman–Crippen LogP) is 3.78. The Morgan fingerprint density at radius 1 is 1.19 bits per heavy atom. The van der Waals surface area contributed by atoms with E-state index in [1.165, 1.54) is 12.8 Å². The quantitative estimate of drug-likeness (QED) is 0.652. The Kier molecular flexibility index (Phi) is 4.34. The topological polar surface area (TPSA) is 81.4 Å². The van der Waals surface area contributed by atoms with E-state index in [0.717, 1.165) is 15.9 Å². The second-order valence-corrected chi connectivity index (χ2v) is 9.29. The minimum atomic E-state index is -3.35. The van der Waals surface area contributed by atoms with Crippen LogP contribution in [0.5, 0.6) is 5.75 Å². The lowest BCUT2D eigenvalue weighted by atomic mass is 9.99. The number of fused-ring (bicyclic) bond motifs is 1. The summed E-state index contributed by atoms with van der Waals surface area (Å²) < 4.78 is 31.9. The van der Waals surface area contributed by atoms with Gasteiger partial charge in [0.2, 0.25) is 0 Å². The van der Waals surface area contributed by atoms with Gasteiger partial charge in [-0.2, -0.15) is 4.73 Å². The first-order chi connectivity index (χ1) is 12.9. The lowest BCUT2D eigenvalue weighted by molar-refractivity contribution is 0.180. The van der Waals surface area contributed by atoms with Crippen molar-refractivity contribution in [2.75, 3.05) is 12.4 Å². The molecule has 1 aromatic carbocycles. The number of pyridine rings is 1. The highest BCUT2D eigenvalue weighted by Crippen LogP contribution is 2.40. The van der Waals surface area contributed by atoms with E-state index in [9.17, 15) is 13.6 Å². The third kappa shape index (κ3) is 3.27. The van der Waals surface area contributed by atoms with Gasteiger partial charge in [0.1, 0.15) is 5.75 Å². The Bertz CT molecular complexity index is 1070. The maximum absolute atomic E-state index is 12.4. The monoisotopic (exact) mass is 386 g/mol. The smallest absolute Gasteiger partial charge is 0.178 e. The highest BCUT2D eigenvalue weighted by Gasteiger charge is 2.25.